The van der Waals surface area contributed by atoms with Gasteiger partial charge in [0.05, 0.1) is 35.4 Å². The highest BCUT2D eigenvalue weighted by Gasteiger charge is 2.51. The van der Waals surface area contributed by atoms with Crippen LogP contribution in [0.1, 0.15) is 65.6 Å². The minimum atomic E-state index is -0.870. The molecule has 1 aliphatic carbocycles. The van der Waals surface area contributed by atoms with Crippen molar-refractivity contribution in [2.75, 3.05) is 18.5 Å². The Morgan fingerprint density at radius 1 is 1.11 bits per heavy atom. The molecule has 4 N–H and O–H groups in total. The van der Waals surface area contributed by atoms with Crippen molar-refractivity contribution in [2.24, 2.45) is 5.92 Å². The van der Waals surface area contributed by atoms with Gasteiger partial charge in [-0.1, -0.05) is 26.8 Å². The number of ether oxygens (including phenoxy) is 1. The van der Waals surface area contributed by atoms with Crippen LogP contribution < -0.4 is 5.32 Å². The van der Waals surface area contributed by atoms with Gasteiger partial charge in [-0.15, -0.1) is 0 Å². The predicted octanol–water partition coefficient (Wildman–Crippen LogP) is 5.58. The number of carbonyl (C=O) groups is 1. The summed E-state index contributed by atoms with van der Waals surface area (Å²) in [7, 11) is 0. The molecular weight excluding hydrogens is 487 g/mol. The van der Waals surface area contributed by atoms with E-state index in [0.717, 1.165) is 11.1 Å². The van der Waals surface area contributed by atoms with Crippen molar-refractivity contribution in [1.82, 2.24) is 4.57 Å². The number of carbonyl (C=O) groups excluding carboxylic acids is 1. The molecule has 0 unspecified atom stereocenters. The van der Waals surface area contributed by atoms with Crippen LogP contribution in [0.25, 0.3) is 10.9 Å². The molecule has 1 fully saturated rings. The number of nitrogens with one attached hydrogen (secondary N) is 1. The van der Waals surface area contributed by atoms with Gasteiger partial charge in [-0.3, -0.25) is 4.79 Å². The lowest BCUT2D eigenvalue weighted by molar-refractivity contribution is -0.118. The number of phenolic OH excluding ortho intramolecular Hbond substituents is 2. The van der Waals surface area contributed by atoms with Crippen molar-refractivity contribution in [2.45, 2.75) is 77.4 Å². The monoisotopic (exact) mass is 526 g/mol. The van der Waals surface area contributed by atoms with E-state index >= 15 is 4.39 Å². The second kappa shape index (κ2) is 9.89. The second-order valence-electron chi connectivity index (χ2n) is 12.3. The Kier molecular flexibility index (Phi) is 7.27. The smallest absolute Gasteiger partial charge is 0.235 e. The maximum absolute atomic E-state index is 15.4. The number of halogens is 1. The van der Waals surface area contributed by atoms with E-state index in [1.54, 1.807) is 12.1 Å². The van der Waals surface area contributed by atoms with Gasteiger partial charge in [-0.2, -0.15) is 0 Å². The van der Waals surface area contributed by atoms with Crippen molar-refractivity contribution in [3.05, 3.63) is 53.5 Å². The maximum atomic E-state index is 15.4. The zero-order valence-corrected chi connectivity index (χ0v) is 23.1. The Balaban J connectivity index is 1.66. The first kappa shape index (κ1) is 27.9. The van der Waals surface area contributed by atoms with Gasteiger partial charge in [-0.05, 0) is 69.4 Å². The summed E-state index contributed by atoms with van der Waals surface area (Å²) in [5, 5.41) is 33.2. The molecule has 0 radical (unpaired) electrons. The molecule has 1 aromatic heterocycles. The van der Waals surface area contributed by atoms with Crippen LogP contribution in [0.15, 0.2) is 36.4 Å². The molecule has 2 aromatic carbocycles. The Hall–Kier alpha value is -3.10. The van der Waals surface area contributed by atoms with Crippen LogP contribution in [-0.2, 0) is 26.9 Å². The zero-order chi connectivity index (χ0) is 28.0. The number of aliphatic hydroxyl groups excluding tert-OH is 1. The van der Waals surface area contributed by atoms with Gasteiger partial charge in [0.25, 0.3) is 0 Å². The van der Waals surface area contributed by atoms with Gasteiger partial charge < -0.3 is 29.9 Å². The summed E-state index contributed by atoms with van der Waals surface area (Å²) < 4.78 is 23.4. The molecule has 1 aliphatic rings. The van der Waals surface area contributed by atoms with Gasteiger partial charge >= 0.3 is 0 Å². The summed E-state index contributed by atoms with van der Waals surface area (Å²) in [6.45, 7) is 13.0. The number of hydrogen-bond acceptors (Lipinski definition) is 5. The zero-order valence-electron chi connectivity index (χ0n) is 23.1. The third-order valence-electron chi connectivity index (χ3n) is 7.33. The first-order valence-corrected chi connectivity index (χ1v) is 13.1. The second-order valence-corrected chi connectivity index (χ2v) is 12.3. The molecule has 206 valence electrons. The van der Waals surface area contributed by atoms with Crippen LogP contribution in [-0.4, -0.2) is 44.6 Å². The van der Waals surface area contributed by atoms with Crippen molar-refractivity contribution in [3.8, 4) is 11.5 Å². The van der Waals surface area contributed by atoms with Crippen LogP contribution >= 0.6 is 0 Å². The van der Waals surface area contributed by atoms with Crippen LogP contribution in [0.5, 0.6) is 11.5 Å². The molecule has 1 heterocycles. The lowest BCUT2D eigenvalue weighted by Crippen LogP contribution is -2.29. The number of aromatic hydroxyl groups is 2. The average Bonchev–Trinajstić information content (AvgIpc) is 3.58. The summed E-state index contributed by atoms with van der Waals surface area (Å²) in [4.78, 5) is 13.3. The van der Waals surface area contributed by atoms with Crippen molar-refractivity contribution in [1.29, 1.82) is 0 Å². The van der Waals surface area contributed by atoms with Crippen molar-refractivity contribution in [3.63, 3.8) is 0 Å². The molecule has 4 rings (SSSR count). The van der Waals surface area contributed by atoms with E-state index in [1.165, 1.54) is 18.2 Å². The fraction of sp³-hybridized carbons (Fsp3) is 0.500. The number of fused-ring (bicyclic) bond motifs is 1. The van der Waals surface area contributed by atoms with Crippen LogP contribution in [0.3, 0.4) is 0 Å². The van der Waals surface area contributed by atoms with E-state index in [2.05, 4.69) is 12.2 Å². The molecule has 38 heavy (non-hydrogen) atoms. The standard InChI is InChI=1S/C30H39FN2O5/c1-18(16-38-28(2,3)4)15-33-23-14-21(31)22(11-19(23)12-26(33)29(5,6)17-34)32-27(37)30(9-10-30)20-7-8-24(35)25(36)13-20/h7-8,11-14,18,34-36H,9-10,15-17H2,1-6H3,(H,32,37)/t18-/m1/s1. The minimum absolute atomic E-state index is 0.0754. The Morgan fingerprint density at radius 3 is 2.37 bits per heavy atom. The molecule has 0 bridgehead atoms. The molecule has 3 aromatic rings. The number of anilines is 1. The fourth-order valence-corrected chi connectivity index (χ4v) is 4.81. The SMILES string of the molecule is C[C@@H](COC(C)(C)C)Cn1c(C(C)(C)CO)cc2cc(NC(=O)C3(c4ccc(O)c(O)c4)CC3)c(F)cc21. The largest absolute Gasteiger partial charge is 0.504 e. The first-order chi connectivity index (χ1) is 17.7. The lowest BCUT2D eigenvalue weighted by atomic mass is 9.90. The van der Waals surface area contributed by atoms with Crippen molar-refractivity contribution < 1.29 is 29.2 Å². The summed E-state index contributed by atoms with van der Waals surface area (Å²) in [6, 6.07) is 9.36. The summed E-state index contributed by atoms with van der Waals surface area (Å²) in [5.41, 5.74) is 0.510. The van der Waals surface area contributed by atoms with Gasteiger partial charge in [0.15, 0.2) is 11.5 Å². The summed E-state index contributed by atoms with van der Waals surface area (Å²) in [5.74, 6) is -1.33. The van der Waals surface area contributed by atoms with Crippen molar-refractivity contribution >= 4 is 22.5 Å². The normalized spacial score (nSPS) is 16.0. The average molecular weight is 527 g/mol. The van der Waals surface area contributed by atoms with Gasteiger partial charge in [0.1, 0.15) is 5.82 Å². The Labute approximate surface area is 223 Å². The highest BCUT2D eigenvalue weighted by Crippen LogP contribution is 2.50. The molecule has 8 heteroatoms. The number of hydrogen-bond donors (Lipinski definition) is 4. The number of aliphatic hydroxyl groups is 1. The number of amides is 1. The van der Waals surface area contributed by atoms with Crippen LogP contribution in [0, 0.1) is 11.7 Å². The third kappa shape index (κ3) is 5.52. The first-order valence-electron chi connectivity index (χ1n) is 13.1. The van der Waals surface area contributed by atoms with Gasteiger partial charge in [-0.25, -0.2) is 4.39 Å². The highest BCUT2D eigenvalue weighted by molar-refractivity contribution is 6.02. The highest BCUT2D eigenvalue weighted by atomic mass is 19.1. The third-order valence-corrected chi connectivity index (χ3v) is 7.33. The number of phenols is 2. The van der Waals surface area contributed by atoms with E-state index in [1.807, 2.05) is 45.3 Å². The number of aromatic nitrogens is 1. The molecule has 7 nitrogen and oxygen atoms in total. The fourth-order valence-electron chi connectivity index (χ4n) is 4.81. The maximum Gasteiger partial charge on any atom is 0.235 e. The molecule has 1 amide bonds. The van der Waals surface area contributed by atoms with E-state index in [0.29, 0.717) is 37.1 Å². The van der Waals surface area contributed by atoms with Gasteiger partial charge in [0.2, 0.25) is 5.91 Å². The van der Waals surface area contributed by atoms with Gasteiger partial charge in [0, 0.05) is 29.1 Å². The molecule has 1 saturated carbocycles. The Bertz CT molecular complexity index is 1350. The van der Waals surface area contributed by atoms with E-state index in [4.69, 9.17) is 4.74 Å². The Morgan fingerprint density at radius 2 is 1.79 bits per heavy atom. The van der Waals surface area contributed by atoms with E-state index < -0.39 is 16.6 Å². The quantitative estimate of drug-likeness (QED) is 0.273. The summed E-state index contributed by atoms with van der Waals surface area (Å²) >= 11 is 0. The number of nitrogens with zero attached hydrogens (tertiary/aromatic N) is 1. The van der Waals surface area contributed by atoms with Crippen LogP contribution in [0.4, 0.5) is 10.1 Å². The molecule has 0 aliphatic heterocycles. The predicted molar refractivity (Wildman–Crippen MR) is 146 cm³/mol. The topological polar surface area (TPSA) is 104 Å². The van der Waals surface area contributed by atoms with E-state index in [9.17, 15) is 20.1 Å². The molecule has 0 spiro atoms. The van der Waals surface area contributed by atoms with Crippen LogP contribution in [0.2, 0.25) is 0 Å². The minimum Gasteiger partial charge on any atom is -0.504 e. The molecule has 1 atom stereocenters. The summed E-state index contributed by atoms with van der Waals surface area (Å²) in [6.07, 6.45) is 1.12. The molecule has 0 saturated heterocycles. The molecular formula is C30H39FN2O5. The van der Waals surface area contributed by atoms with E-state index in [-0.39, 0.29) is 41.2 Å². The number of rotatable bonds is 9. The lowest BCUT2D eigenvalue weighted by Gasteiger charge is -2.27. The number of benzene rings is 2.